The van der Waals surface area contributed by atoms with Gasteiger partial charge < -0.3 is 15.1 Å². The van der Waals surface area contributed by atoms with Crippen LogP contribution >= 0.6 is 0 Å². The van der Waals surface area contributed by atoms with Gasteiger partial charge in [-0.2, -0.15) is 13.2 Å². The van der Waals surface area contributed by atoms with E-state index in [0.29, 0.717) is 32.7 Å². The van der Waals surface area contributed by atoms with Gasteiger partial charge in [0.25, 0.3) is 0 Å². The molecule has 1 rings (SSSR count). The van der Waals surface area contributed by atoms with Gasteiger partial charge in [-0.25, -0.2) is 0 Å². The van der Waals surface area contributed by atoms with Crippen molar-refractivity contribution in [1.29, 1.82) is 0 Å². The molecule has 1 N–H and O–H groups in total. The van der Waals surface area contributed by atoms with Crippen LogP contribution in [0.2, 0.25) is 0 Å². The van der Waals surface area contributed by atoms with E-state index in [1.807, 2.05) is 4.90 Å². The van der Waals surface area contributed by atoms with Gasteiger partial charge in [-0.05, 0) is 0 Å². The van der Waals surface area contributed by atoms with Crippen molar-refractivity contribution in [1.82, 2.24) is 20.0 Å². The Balaban J connectivity index is 2.26. The molecule has 0 aromatic heterocycles. The van der Waals surface area contributed by atoms with Crippen LogP contribution < -0.4 is 5.32 Å². The van der Waals surface area contributed by atoms with Crippen molar-refractivity contribution < 1.29 is 22.8 Å². The quantitative estimate of drug-likeness (QED) is 0.735. The van der Waals surface area contributed by atoms with Crippen LogP contribution in [0, 0.1) is 0 Å². The molecule has 0 bridgehead atoms. The molecule has 0 spiro atoms. The molecule has 0 aromatic rings. The Bertz CT molecular complexity index is 366. The van der Waals surface area contributed by atoms with Crippen molar-refractivity contribution in [2.24, 2.45) is 0 Å². The first kappa shape index (κ1) is 17.7. The molecule has 1 fully saturated rings. The van der Waals surface area contributed by atoms with Crippen LogP contribution in [0.15, 0.2) is 0 Å². The fourth-order valence-corrected chi connectivity index (χ4v) is 1.91. The SMILES string of the molecule is CN(C)C(=O)CN1CCN(C(=O)CNCC(F)(F)F)CC1. The second-order valence-corrected chi connectivity index (χ2v) is 5.16. The summed E-state index contributed by atoms with van der Waals surface area (Å²) in [5.41, 5.74) is 0. The van der Waals surface area contributed by atoms with E-state index < -0.39 is 12.7 Å². The van der Waals surface area contributed by atoms with E-state index in [4.69, 9.17) is 0 Å². The Morgan fingerprint density at radius 1 is 1.14 bits per heavy atom. The summed E-state index contributed by atoms with van der Waals surface area (Å²) >= 11 is 0. The zero-order valence-electron chi connectivity index (χ0n) is 12.2. The van der Waals surface area contributed by atoms with E-state index in [-0.39, 0.29) is 18.4 Å². The van der Waals surface area contributed by atoms with E-state index in [1.54, 1.807) is 14.1 Å². The van der Waals surface area contributed by atoms with E-state index in [2.05, 4.69) is 5.32 Å². The third-order valence-corrected chi connectivity index (χ3v) is 3.18. The minimum Gasteiger partial charge on any atom is -0.348 e. The van der Waals surface area contributed by atoms with Gasteiger partial charge in [0, 0.05) is 40.3 Å². The highest BCUT2D eigenvalue weighted by Gasteiger charge is 2.28. The molecule has 1 aliphatic heterocycles. The van der Waals surface area contributed by atoms with Crippen LogP contribution in [0.3, 0.4) is 0 Å². The standard InChI is InChI=1S/C12H21F3N4O2/c1-17(2)11(21)8-18-3-5-19(6-4-18)10(20)7-16-9-12(13,14)15/h16H,3-9H2,1-2H3. The van der Waals surface area contributed by atoms with E-state index in [9.17, 15) is 22.8 Å². The predicted molar refractivity (Wildman–Crippen MR) is 70.6 cm³/mol. The Kier molecular flexibility index (Phi) is 6.41. The number of hydrogen-bond acceptors (Lipinski definition) is 4. The van der Waals surface area contributed by atoms with Gasteiger partial charge in [0.15, 0.2) is 0 Å². The van der Waals surface area contributed by atoms with E-state index in [0.717, 1.165) is 0 Å². The highest BCUT2D eigenvalue weighted by Crippen LogP contribution is 2.12. The van der Waals surface area contributed by atoms with Crippen LogP contribution in [-0.4, -0.2) is 92.6 Å². The summed E-state index contributed by atoms with van der Waals surface area (Å²) in [6, 6.07) is 0. The molecule has 122 valence electrons. The second-order valence-electron chi connectivity index (χ2n) is 5.16. The third-order valence-electron chi connectivity index (χ3n) is 3.18. The lowest BCUT2D eigenvalue weighted by molar-refractivity contribution is -0.136. The first-order valence-corrected chi connectivity index (χ1v) is 6.67. The van der Waals surface area contributed by atoms with Crippen molar-refractivity contribution >= 4 is 11.8 Å². The number of alkyl halides is 3. The Labute approximate surface area is 121 Å². The molecule has 0 saturated carbocycles. The first-order valence-electron chi connectivity index (χ1n) is 6.67. The number of piperazine rings is 1. The van der Waals surface area contributed by atoms with Crippen molar-refractivity contribution in [2.45, 2.75) is 6.18 Å². The Hall–Kier alpha value is -1.35. The lowest BCUT2D eigenvalue weighted by atomic mass is 10.3. The van der Waals surface area contributed by atoms with Gasteiger partial charge >= 0.3 is 6.18 Å². The number of halogens is 3. The number of nitrogens with zero attached hydrogens (tertiary/aromatic N) is 3. The molecular weight excluding hydrogens is 289 g/mol. The van der Waals surface area contributed by atoms with E-state index >= 15 is 0 Å². The highest BCUT2D eigenvalue weighted by molar-refractivity contribution is 5.79. The minimum atomic E-state index is -4.31. The molecule has 9 heteroatoms. The average molecular weight is 310 g/mol. The molecule has 1 heterocycles. The second kappa shape index (κ2) is 7.60. The van der Waals surface area contributed by atoms with Crippen LogP contribution in [0.25, 0.3) is 0 Å². The normalized spacial score (nSPS) is 16.9. The fraction of sp³-hybridized carbons (Fsp3) is 0.833. The fourth-order valence-electron chi connectivity index (χ4n) is 1.91. The van der Waals surface area contributed by atoms with Gasteiger partial charge in [0.1, 0.15) is 0 Å². The summed E-state index contributed by atoms with van der Waals surface area (Å²) in [5.74, 6) is -0.362. The van der Waals surface area contributed by atoms with E-state index in [1.165, 1.54) is 9.80 Å². The molecule has 2 amide bonds. The maximum atomic E-state index is 12.0. The van der Waals surface area contributed by atoms with Crippen molar-refractivity contribution in [2.75, 3.05) is 59.9 Å². The number of rotatable bonds is 5. The topological polar surface area (TPSA) is 55.9 Å². The zero-order chi connectivity index (χ0) is 16.0. The number of carbonyl (C=O) groups is 2. The lowest BCUT2D eigenvalue weighted by Crippen LogP contribution is -2.52. The summed E-state index contributed by atoms with van der Waals surface area (Å²) in [7, 11) is 3.35. The number of carbonyl (C=O) groups excluding carboxylic acids is 2. The maximum absolute atomic E-state index is 12.0. The first-order chi connectivity index (χ1) is 9.69. The third kappa shape index (κ3) is 6.76. The van der Waals surface area contributed by atoms with Crippen LogP contribution in [0.1, 0.15) is 0 Å². The summed E-state index contributed by atoms with van der Waals surface area (Å²) in [5, 5.41) is 2.09. The number of likely N-dealkylation sites (N-methyl/N-ethyl adjacent to an activating group) is 1. The summed E-state index contributed by atoms with van der Waals surface area (Å²) < 4.78 is 35.9. The molecule has 0 aliphatic carbocycles. The number of hydrogen-bond donors (Lipinski definition) is 1. The number of amides is 2. The maximum Gasteiger partial charge on any atom is 0.401 e. The molecule has 1 saturated heterocycles. The molecule has 0 radical (unpaired) electrons. The van der Waals surface area contributed by atoms with Crippen molar-refractivity contribution in [3.05, 3.63) is 0 Å². The summed E-state index contributed by atoms with van der Waals surface area (Å²) in [6.45, 7) is 0.739. The Morgan fingerprint density at radius 3 is 2.19 bits per heavy atom. The predicted octanol–water partition coefficient (Wildman–Crippen LogP) is -0.629. The molecular formula is C12H21F3N4O2. The summed E-state index contributed by atoms with van der Waals surface area (Å²) in [4.78, 5) is 28.2. The molecule has 6 nitrogen and oxygen atoms in total. The molecule has 1 aliphatic rings. The highest BCUT2D eigenvalue weighted by atomic mass is 19.4. The van der Waals surface area contributed by atoms with Crippen molar-refractivity contribution in [3.63, 3.8) is 0 Å². The van der Waals surface area contributed by atoms with Crippen LogP contribution in [0.5, 0.6) is 0 Å². The molecule has 0 unspecified atom stereocenters. The smallest absolute Gasteiger partial charge is 0.348 e. The van der Waals surface area contributed by atoms with Crippen LogP contribution in [-0.2, 0) is 9.59 Å². The van der Waals surface area contributed by atoms with Gasteiger partial charge in [0.05, 0.1) is 19.6 Å². The monoisotopic (exact) mass is 310 g/mol. The van der Waals surface area contributed by atoms with Crippen LogP contribution in [0.4, 0.5) is 13.2 Å². The average Bonchev–Trinajstić information content (AvgIpc) is 2.37. The lowest BCUT2D eigenvalue weighted by Gasteiger charge is -2.34. The van der Waals surface area contributed by atoms with Gasteiger partial charge in [-0.1, -0.05) is 0 Å². The molecule has 0 aromatic carbocycles. The Morgan fingerprint density at radius 2 is 1.71 bits per heavy atom. The summed E-state index contributed by atoms with van der Waals surface area (Å²) in [6.07, 6.45) is -4.31. The van der Waals surface area contributed by atoms with Gasteiger partial charge in [0.2, 0.25) is 11.8 Å². The minimum absolute atomic E-state index is 0.0124. The van der Waals surface area contributed by atoms with Gasteiger partial charge in [-0.15, -0.1) is 0 Å². The number of nitrogens with one attached hydrogen (secondary N) is 1. The zero-order valence-corrected chi connectivity index (χ0v) is 12.2. The molecule has 0 atom stereocenters. The largest absolute Gasteiger partial charge is 0.401 e. The van der Waals surface area contributed by atoms with Gasteiger partial charge in [-0.3, -0.25) is 14.5 Å². The molecule has 21 heavy (non-hydrogen) atoms. The van der Waals surface area contributed by atoms with Crippen molar-refractivity contribution in [3.8, 4) is 0 Å².